The van der Waals surface area contributed by atoms with Crippen LogP contribution in [0.3, 0.4) is 0 Å². The summed E-state index contributed by atoms with van der Waals surface area (Å²) >= 11 is 0. The van der Waals surface area contributed by atoms with Gasteiger partial charge in [0.1, 0.15) is 0 Å². The molecule has 0 aromatic heterocycles. The summed E-state index contributed by atoms with van der Waals surface area (Å²) in [6.07, 6.45) is 5.64. The topological polar surface area (TPSA) is 38.3 Å². The Balaban J connectivity index is -0.000000213. The van der Waals surface area contributed by atoms with Gasteiger partial charge in [0.05, 0.1) is 5.60 Å². The highest BCUT2D eigenvalue weighted by atomic mass is 16.5. The first-order chi connectivity index (χ1) is 7.97. The number of ether oxygens (including phenoxy) is 1. The van der Waals surface area contributed by atoms with Crippen molar-refractivity contribution in [3.05, 3.63) is 0 Å². The van der Waals surface area contributed by atoms with Gasteiger partial charge < -0.3 is 10.1 Å². The van der Waals surface area contributed by atoms with Crippen LogP contribution in [0.4, 0.5) is 0 Å². The molecule has 17 heavy (non-hydrogen) atoms. The van der Waals surface area contributed by atoms with Gasteiger partial charge in [0.2, 0.25) is 6.41 Å². The highest BCUT2D eigenvalue weighted by Gasteiger charge is 2.03. The quantitative estimate of drug-likeness (QED) is 0.573. The molecule has 1 amide bonds. The number of nitrogens with one attached hydrogen (secondary N) is 1. The maximum absolute atomic E-state index is 9.73. The van der Waals surface area contributed by atoms with Gasteiger partial charge in [-0.25, -0.2) is 0 Å². The second-order valence-electron chi connectivity index (χ2n) is 4.45. The molecule has 3 heteroatoms. The van der Waals surface area contributed by atoms with Gasteiger partial charge in [0.15, 0.2) is 0 Å². The summed E-state index contributed by atoms with van der Waals surface area (Å²) in [4.78, 5) is 9.73. The third kappa shape index (κ3) is 39.2. The first kappa shape index (κ1) is 21.7. The average molecular weight is 247 g/mol. The number of carbonyl (C=O) groups excluding carboxylic acids is 1. The zero-order chi connectivity index (χ0) is 14.2. The van der Waals surface area contributed by atoms with E-state index in [0.717, 1.165) is 19.4 Å². The predicted molar refractivity (Wildman–Crippen MR) is 76.3 cm³/mol. The third-order valence-corrected chi connectivity index (χ3v) is 1.87. The SMILES string of the molecule is CC.CCCCCCNC=O.COC(C)(C)C. The summed E-state index contributed by atoms with van der Waals surface area (Å²) in [7, 11) is 1.71. The van der Waals surface area contributed by atoms with E-state index in [1.54, 1.807) is 7.11 Å². The largest absolute Gasteiger partial charge is 0.379 e. The summed E-state index contributed by atoms with van der Waals surface area (Å²) in [6.45, 7) is 13.1. The van der Waals surface area contributed by atoms with Gasteiger partial charge in [-0.05, 0) is 27.2 Å². The Labute approximate surface area is 108 Å². The minimum atomic E-state index is 0.0417. The molecule has 0 saturated carbocycles. The van der Waals surface area contributed by atoms with Crippen LogP contribution >= 0.6 is 0 Å². The number of hydrogen-bond acceptors (Lipinski definition) is 2. The second kappa shape index (κ2) is 17.8. The van der Waals surface area contributed by atoms with Gasteiger partial charge in [-0.1, -0.05) is 40.0 Å². The van der Waals surface area contributed by atoms with Crippen molar-refractivity contribution >= 4 is 6.41 Å². The molecule has 0 aromatic carbocycles. The summed E-state index contributed by atoms with van der Waals surface area (Å²) in [6, 6.07) is 0. The molecule has 0 aromatic rings. The fourth-order valence-electron chi connectivity index (χ4n) is 0.713. The van der Waals surface area contributed by atoms with Crippen LogP contribution in [-0.2, 0) is 9.53 Å². The van der Waals surface area contributed by atoms with E-state index in [9.17, 15) is 4.79 Å². The van der Waals surface area contributed by atoms with Gasteiger partial charge in [-0.2, -0.15) is 0 Å². The second-order valence-corrected chi connectivity index (χ2v) is 4.45. The predicted octanol–water partition coefficient (Wildman–Crippen LogP) is 3.77. The Morgan fingerprint density at radius 3 is 1.88 bits per heavy atom. The molecular formula is C14H33NO2. The first-order valence-corrected chi connectivity index (χ1v) is 6.70. The standard InChI is InChI=1S/C7H15NO.C5H12O.C2H6/c1-2-3-4-5-6-8-7-9;1-5(2,3)6-4;1-2/h7H,2-6H2,1H3,(H,8,9);1-4H3;1-2H3. The number of carbonyl (C=O) groups is 1. The van der Waals surface area contributed by atoms with Crippen molar-refractivity contribution in [2.24, 2.45) is 0 Å². The van der Waals surface area contributed by atoms with Crippen molar-refractivity contribution in [2.45, 2.75) is 72.8 Å². The van der Waals surface area contributed by atoms with Crippen LogP contribution in [-0.4, -0.2) is 25.7 Å². The van der Waals surface area contributed by atoms with Gasteiger partial charge in [0.25, 0.3) is 0 Å². The Bertz CT molecular complexity index is 131. The molecule has 0 bridgehead atoms. The van der Waals surface area contributed by atoms with Crippen molar-refractivity contribution in [3.8, 4) is 0 Å². The van der Waals surface area contributed by atoms with Crippen LogP contribution in [0.5, 0.6) is 0 Å². The number of methoxy groups -OCH3 is 1. The fraction of sp³-hybridized carbons (Fsp3) is 0.929. The van der Waals surface area contributed by atoms with E-state index in [0.29, 0.717) is 0 Å². The molecular weight excluding hydrogens is 214 g/mol. The summed E-state index contributed by atoms with van der Waals surface area (Å²) in [5.41, 5.74) is 0.0417. The van der Waals surface area contributed by atoms with Crippen LogP contribution in [0.15, 0.2) is 0 Å². The van der Waals surface area contributed by atoms with E-state index in [2.05, 4.69) is 12.2 Å². The average Bonchev–Trinajstić information content (AvgIpc) is 2.32. The van der Waals surface area contributed by atoms with Crippen molar-refractivity contribution in [1.29, 1.82) is 0 Å². The lowest BCUT2D eigenvalue weighted by Gasteiger charge is -2.14. The molecule has 0 radical (unpaired) electrons. The first-order valence-electron chi connectivity index (χ1n) is 6.70. The van der Waals surface area contributed by atoms with Crippen molar-refractivity contribution in [3.63, 3.8) is 0 Å². The molecule has 0 aliphatic carbocycles. The van der Waals surface area contributed by atoms with Gasteiger partial charge in [-0.15, -0.1) is 0 Å². The van der Waals surface area contributed by atoms with Crippen LogP contribution in [0, 0.1) is 0 Å². The lowest BCUT2D eigenvalue weighted by molar-refractivity contribution is -0.109. The Morgan fingerprint density at radius 1 is 1.12 bits per heavy atom. The number of rotatable bonds is 6. The number of hydrogen-bond donors (Lipinski definition) is 1. The molecule has 0 atom stereocenters. The fourth-order valence-corrected chi connectivity index (χ4v) is 0.713. The highest BCUT2D eigenvalue weighted by Crippen LogP contribution is 2.02. The summed E-state index contributed by atoms with van der Waals surface area (Å²) in [5, 5.41) is 2.63. The highest BCUT2D eigenvalue weighted by molar-refractivity contribution is 5.45. The van der Waals surface area contributed by atoms with Crippen LogP contribution in [0.25, 0.3) is 0 Å². The molecule has 0 spiro atoms. The molecule has 3 nitrogen and oxygen atoms in total. The molecule has 0 heterocycles. The van der Waals surface area contributed by atoms with Crippen molar-refractivity contribution < 1.29 is 9.53 Å². The van der Waals surface area contributed by atoms with Crippen LogP contribution < -0.4 is 5.32 Å². The molecule has 0 rings (SSSR count). The Hall–Kier alpha value is -0.570. The molecule has 0 fully saturated rings. The zero-order valence-corrected chi connectivity index (χ0v) is 12.9. The monoisotopic (exact) mass is 247 g/mol. The van der Waals surface area contributed by atoms with Gasteiger partial charge in [-0.3, -0.25) is 4.79 Å². The van der Waals surface area contributed by atoms with Gasteiger partial charge >= 0.3 is 0 Å². The smallest absolute Gasteiger partial charge is 0.207 e. The van der Waals surface area contributed by atoms with E-state index in [1.165, 1.54) is 19.3 Å². The zero-order valence-electron chi connectivity index (χ0n) is 12.9. The minimum absolute atomic E-state index is 0.0417. The number of unbranched alkanes of at least 4 members (excludes halogenated alkanes) is 3. The molecule has 0 aliphatic heterocycles. The molecule has 0 saturated heterocycles. The maximum Gasteiger partial charge on any atom is 0.207 e. The van der Waals surface area contributed by atoms with E-state index in [-0.39, 0.29) is 5.60 Å². The van der Waals surface area contributed by atoms with E-state index in [1.807, 2.05) is 34.6 Å². The van der Waals surface area contributed by atoms with E-state index < -0.39 is 0 Å². The van der Waals surface area contributed by atoms with Crippen molar-refractivity contribution in [1.82, 2.24) is 5.32 Å². The molecule has 0 aliphatic rings. The summed E-state index contributed by atoms with van der Waals surface area (Å²) in [5.74, 6) is 0. The molecule has 106 valence electrons. The number of amides is 1. The maximum atomic E-state index is 9.73. The van der Waals surface area contributed by atoms with Crippen molar-refractivity contribution in [2.75, 3.05) is 13.7 Å². The lowest BCUT2D eigenvalue weighted by Crippen LogP contribution is -2.15. The third-order valence-electron chi connectivity index (χ3n) is 1.87. The Kier molecular flexibility index (Phi) is 22.7. The van der Waals surface area contributed by atoms with Crippen LogP contribution in [0.1, 0.15) is 67.2 Å². The van der Waals surface area contributed by atoms with E-state index >= 15 is 0 Å². The van der Waals surface area contributed by atoms with Crippen LogP contribution in [0.2, 0.25) is 0 Å². The normalized spacial score (nSPS) is 9.35. The summed E-state index contributed by atoms with van der Waals surface area (Å²) < 4.78 is 4.94. The van der Waals surface area contributed by atoms with Gasteiger partial charge in [0, 0.05) is 13.7 Å². The molecule has 0 unspecified atom stereocenters. The van der Waals surface area contributed by atoms with E-state index in [4.69, 9.17) is 4.74 Å². The minimum Gasteiger partial charge on any atom is -0.379 e. The lowest BCUT2D eigenvalue weighted by atomic mass is 10.2. The Morgan fingerprint density at radius 2 is 1.59 bits per heavy atom. The molecule has 1 N–H and O–H groups in total.